The molecule has 2 nitrogen and oxygen atoms in total. The maximum Gasteiger partial charge on any atom is 0.164 e. The van der Waals surface area contributed by atoms with Crippen molar-refractivity contribution in [3.05, 3.63) is 35.1 Å². The third-order valence-electron chi connectivity index (χ3n) is 2.31. The Morgan fingerprint density at radius 3 is 2.67 bits per heavy atom. The van der Waals surface area contributed by atoms with Gasteiger partial charge in [-0.15, -0.1) is 0 Å². The summed E-state index contributed by atoms with van der Waals surface area (Å²) in [6.07, 6.45) is 0.267. The van der Waals surface area contributed by atoms with Crippen LogP contribution in [0.1, 0.15) is 42.1 Å². The first-order valence-electron chi connectivity index (χ1n) is 5.09. The van der Waals surface area contributed by atoms with E-state index in [1.807, 2.05) is 13.8 Å². The van der Waals surface area contributed by atoms with Crippen molar-refractivity contribution in [1.82, 2.24) is 0 Å². The second-order valence-corrected chi connectivity index (χ2v) is 3.85. The smallest absolute Gasteiger partial charge is 0.164 e. The van der Waals surface area contributed by atoms with E-state index in [0.29, 0.717) is 12.1 Å². The van der Waals surface area contributed by atoms with Crippen LogP contribution in [0.25, 0.3) is 0 Å². The van der Waals surface area contributed by atoms with Gasteiger partial charge in [0.05, 0.1) is 0 Å². The van der Waals surface area contributed by atoms with Gasteiger partial charge < -0.3 is 5.73 Å². The van der Waals surface area contributed by atoms with Gasteiger partial charge in [0, 0.05) is 12.0 Å². The number of halogens is 1. The van der Waals surface area contributed by atoms with E-state index in [1.54, 1.807) is 6.07 Å². The van der Waals surface area contributed by atoms with E-state index < -0.39 is 0 Å². The van der Waals surface area contributed by atoms with Crippen LogP contribution in [0, 0.1) is 5.82 Å². The summed E-state index contributed by atoms with van der Waals surface area (Å²) < 4.78 is 13.0. The van der Waals surface area contributed by atoms with Crippen molar-refractivity contribution in [3.63, 3.8) is 0 Å². The minimum Gasteiger partial charge on any atom is -0.330 e. The second-order valence-electron chi connectivity index (χ2n) is 3.85. The number of carbonyl (C=O) groups excluding carboxylic acids is 1. The maximum absolute atomic E-state index is 13.0. The number of Topliss-reactive ketones (excluding diaryl/α,β-unsaturated/α-hetero) is 1. The van der Waals surface area contributed by atoms with Crippen molar-refractivity contribution in [3.8, 4) is 0 Å². The van der Waals surface area contributed by atoms with Crippen molar-refractivity contribution in [2.45, 2.75) is 26.2 Å². The minimum atomic E-state index is -0.375. The molecule has 0 bridgehead atoms. The Labute approximate surface area is 89.3 Å². The number of ketones is 1. The molecule has 3 heteroatoms. The summed E-state index contributed by atoms with van der Waals surface area (Å²) >= 11 is 0. The fourth-order valence-corrected chi connectivity index (χ4v) is 1.54. The quantitative estimate of drug-likeness (QED) is 0.774. The van der Waals surface area contributed by atoms with Crippen molar-refractivity contribution in [1.29, 1.82) is 0 Å². The van der Waals surface area contributed by atoms with E-state index in [0.717, 1.165) is 5.56 Å². The Balaban J connectivity index is 3.12. The van der Waals surface area contributed by atoms with Gasteiger partial charge in [0.2, 0.25) is 0 Å². The molecule has 2 N–H and O–H groups in total. The first-order valence-corrected chi connectivity index (χ1v) is 5.09. The molecule has 0 aliphatic carbocycles. The molecule has 0 atom stereocenters. The van der Waals surface area contributed by atoms with E-state index >= 15 is 0 Å². The molecular weight excluding hydrogens is 193 g/mol. The minimum absolute atomic E-state index is 0.0827. The lowest BCUT2D eigenvalue weighted by atomic mass is 9.93. The average Bonchev–Trinajstić information content (AvgIpc) is 2.17. The number of hydrogen-bond acceptors (Lipinski definition) is 2. The van der Waals surface area contributed by atoms with Crippen LogP contribution >= 0.6 is 0 Å². The summed E-state index contributed by atoms with van der Waals surface area (Å²) in [7, 11) is 0. The molecule has 0 aliphatic rings. The molecule has 0 heterocycles. The zero-order chi connectivity index (χ0) is 11.4. The monoisotopic (exact) mass is 209 g/mol. The second kappa shape index (κ2) is 5.03. The van der Waals surface area contributed by atoms with Crippen LogP contribution in [0.3, 0.4) is 0 Å². The normalized spacial score (nSPS) is 10.7. The summed E-state index contributed by atoms with van der Waals surface area (Å²) in [5.41, 5.74) is 6.67. The molecule has 0 aromatic heterocycles. The highest BCUT2D eigenvalue weighted by atomic mass is 19.1. The van der Waals surface area contributed by atoms with Gasteiger partial charge in [-0.1, -0.05) is 19.9 Å². The van der Waals surface area contributed by atoms with Crippen LogP contribution in [0.2, 0.25) is 0 Å². The highest BCUT2D eigenvalue weighted by molar-refractivity contribution is 5.97. The van der Waals surface area contributed by atoms with E-state index in [4.69, 9.17) is 5.73 Å². The molecule has 1 aromatic rings. The first-order chi connectivity index (χ1) is 7.06. The Morgan fingerprint density at radius 1 is 1.47 bits per heavy atom. The third-order valence-corrected chi connectivity index (χ3v) is 2.31. The van der Waals surface area contributed by atoms with Crippen LogP contribution in [0.15, 0.2) is 18.2 Å². The number of carbonyl (C=O) groups is 1. The molecule has 0 fully saturated rings. The number of hydrogen-bond donors (Lipinski definition) is 1. The van der Waals surface area contributed by atoms with Gasteiger partial charge in [-0.05, 0) is 30.2 Å². The maximum atomic E-state index is 13.0. The summed E-state index contributed by atoms with van der Waals surface area (Å²) in [6.45, 7) is 4.26. The van der Waals surface area contributed by atoms with E-state index in [2.05, 4.69) is 0 Å². The molecule has 15 heavy (non-hydrogen) atoms. The highest BCUT2D eigenvalue weighted by Crippen LogP contribution is 2.21. The molecule has 0 amide bonds. The van der Waals surface area contributed by atoms with Crippen molar-refractivity contribution in [2.75, 3.05) is 6.54 Å². The standard InChI is InChI=1S/C12H16FNO/c1-8(2)10-4-3-9(13)7-11(10)12(15)5-6-14/h3-4,7-8H,5-6,14H2,1-2H3. The van der Waals surface area contributed by atoms with E-state index in [1.165, 1.54) is 12.1 Å². The summed E-state index contributed by atoms with van der Waals surface area (Å²) in [6, 6.07) is 4.35. The van der Waals surface area contributed by atoms with Gasteiger partial charge in [0.15, 0.2) is 5.78 Å². The van der Waals surface area contributed by atoms with Crippen molar-refractivity contribution >= 4 is 5.78 Å². The zero-order valence-corrected chi connectivity index (χ0v) is 9.09. The SMILES string of the molecule is CC(C)c1ccc(F)cc1C(=O)CCN. The van der Waals surface area contributed by atoms with E-state index in [-0.39, 0.29) is 23.9 Å². The predicted molar refractivity (Wildman–Crippen MR) is 58.5 cm³/mol. The molecule has 0 aliphatic heterocycles. The molecule has 82 valence electrons. The lowest BCUT2D eigenvalue weighted by molar-refractivity contribution is 0.0983. The molecule has 0 saturated carbocycles. The summed E-state index contributed by atoms with van der Waals surface area (Å²) in [4.78, 5) is 11.7. The van der Waals surface area contributed by atoms with Crippen LogP contribution in [-0.2, 0) is 0 Å². The van der Waals surface area contributed by atoms with Crippen LogP contribution < -0.4 is 5.73 Å². The number of nitrogens with two attached hydrogens (primary N) is 1. The van der Waals surface area contributed by atoms with Gasteiger partial charge in [-0.2, -0.15) is 0 Å². The topological polar surface area (TPSA) is 43.1 Å². The van der Waals surface area contributed by atoms with Crippen molar-refractivity contribution < 1.29 is 9.18 Å². The Morgan fingerprint density at radius 2 is 2.13 bits per heavy atom. The average molecular weight is 209 g/mol. The fourth-order valence-electron chi connectivity index (χ4n) is 1.54. The van der Waals surface area contributed by atoms with Gasteiger partial charge in [0.1, 0.15) is 5.82 Å². The predicted octanol–water partition coefficient (Wildman–Crippen LogP) is 2.48. The van der Waals surface area contributed by atoms with E-state index in [9.17, 15) is 9.18 Å². The molecule has 0 unspecified atom stereocenters. The zero-order valence-electron chi connectivity index (χ0n) is 9.09. The van der Waals surface area contributed by atoms with Crippen LogP contribution in [-0.4, -0.2) is 12.3 Å². The molecule has 1 rings (SSSR count). The molecule has 0 spiro atoms. The Bertz CT molecular complexity index is 361. The molecule has 0 radical (unpaired) electrons. The number of benzene rings is 1. The van der Waals surface area contributed by atoms with Gasteiger partial charge in [0.25, 0.3) is 0 Å². The third kappa shape index (κ3) is 2.86. The van der Waals surface area contributed by atoms with Gasteiger partial charge in [-0.25, -0.2) is 4.39 Å². The highest BCUT2D eigenvalue weighted by Gasteiger charge is 2.13. The lowest BCUT2D eigenvalue weighted by Gasteiger charge is -2.11. The van der Waals surface area contributed by atoms with Crippen molar-refractivity contribution in [2.24, 2.45) is 5.73 Å². The molecule has 0 saturated heterocycles. The summed E-state index contributed by atoms with van der Waals surface area (Å²) in [5, 5.41) is 0. The van der Waals surface area contributed by atoms with Gasteiger partial charge >= 0.3 is 0 Å². The first kappa shape index (κ1) is 11.9. The largest absolute Gasteiger partial charge is 0.330 e. The van der Waals surface area contributed by atoms with Crippen LogP contribution in [0.5, 0.6) is 0 Å². The summed E-state index contributed by atoms with van der Waals surface area (Å²) in [5.74, 6) is -0.247. The lowest BCUT2D eigenvalue weighted by Crippen LogP contribution is -2.11. The number of rotatable bonds is 4. The molecule has 1 aromatic carbocycles. The Kier molecular flexibility index (Phi) is 3.97. The Hall–Kier alpha value is -1.22. The molecular formula is C12H16FNO. The van der Waals surface area contributed by atoms with Gasteiger partial charge in [-0.3, -0.25) is 4.79 Å². The fraction of sp³-hybridized carbons (Fsp3) is 0.417. The van der Waals surface area contributed by atoms with Crippen LogP contribution in [0.4, 0.5) is 4.39 Å².